The van der Waals surface area contributed by atoms with E-state index in [1.807, 2.05) is 12.1 Å². The van der Waals surface area contributed by atoms with Gasteiger partial charge in [0, 0.05) is 5.02 Å². The molecular formula is C17H19ClFN. The van der Waals surface area contributed by atoms with Gasteiger partial charge in [0.1, 0.15) is 5.82 Å². The van der Waals surface area contributed by atoms with E-state index in [0.717, 1.165) is 17.5 Å². The summed E-state index contributed by atoms with van der Waals surface area (Å²) >= 11 is 6.08. The fourth-order valence-corrected chi connectivity index (χ4v) is 2.60. The molecule has 106 valence electrons. The monoisotopic (exact) mass is 291 g/mol. The molecule has 2 rings (SSSR count). The molecule has 0 aromatic heterocycles. The summed E-state index contributed by atoms with van der Waals surface area (Å²) in [4.78, 5) is 0. The van der Waals surface area contributed by atoms with E-state index in [4.69, 9.17) is 17.3 Å². The zero-order valence-electron chi connectivity index (χ0n) is 11.7. The van der Waals surface area contributed by atoms with Crippen molar-refractivity contribution in [3.8, 4) is 0 Å². The van der Waals surface area contributed by atoms with E-state index < -0.39 is 0 Å². The van der Waals surface area contributed by atoms with Crippen molar-refractivity contribution >= 4 is 11.6 Å². The summed E-state index contributed by atoms with van der Waals surface area (Å²) in [5.74, 6) is 0.246. The van der Waals surface area contributed by atoms with E-state index in [1.54, 1.807) is 6.07 Å². The lowest BCUT2D eigenvalue weighted by atomic mass is 9.95. The van der Waals surface area contributed by atoms with E-state index in [1.165, 1.54) is 17.7 Å². The molecule has 0 heterocycles. The van der Waals surface area contributed by atoms with Crippen molar-refractivity contribution in [2.45, 2.75) is 26.3 Å². The molecule has 2 aromatic carbocycles. The number of nitrogens with two attached hydrogens (primary N) is 1. The highest BCUT2D eigenvalue weighted by molar-refractivity contribution is 6.31. The standard InChI is InChI=1S/C17H19ClFN/c1-11(2)8-12-4-3-5-13(9-12)17(20)15-7-6-14(19)10-16(15)18/h3-7,9-11,17H,8,20H2,1-2H3. The van der Waals surface area contributed by atoms with E-state index in [0.29, 0.717) is 10.9 Å². The average Bonchev–Trinajstić information content (AvgIpc) is 2.37. The third kappa shape index (κ3) is 3.59. The molecule has 0 spiro atoms. The number of benzene rings is 2. The van der Waals surface area contributed by atoms with Gasteiger partial charge in [0.15, 0.2) is 0 Å². The Morgan fingerprint density at radius 3 is 2.55 bits per heavy atom. The molecule has 1 nitrogen and oxygen atoms in total. The Labute approximate surface area is 124 Å². The van der Waals surface area contributed by atoms with Gasteiger partial charge in [-0.3, -0.25) is 0 Å². The normalized spacial score (nSPS) is 12.7. The summed E-state index contributed by atoms with van der Waals surface area (Å²) in [6, 6.07) is 12.2. The van der Waals surface area contributed by atoms with Crippen molar-refractivity contribution in [1.82, 2.24) is 0 Å². The second kappa shape index (κ2) is 6.38. The lowest BCUT2D eigenvalue weighted by molar-refractivity contribution is 0.626. The Morgan fingerprint density at radius 1 is 1.15 bits per heavy atom. The summed E-state index contributed by atoms with van der Waals surface area (Å²) in [6.07, 6.45) is 1.01. The van der Waals surface area contributed by atoms with Crippen molar-refractivity contribution in [2.75, 3.05) is 0 Å². The van der Waals surface area contributed by atoms with Crippen molar-refractivity contribution in [3.05, 3.63) is 70.0 Å². The molecule has 0 bridgehead atoms. The second-order valence-electron chi connectivity index (χ2n) is 5.49. The summed E-state index contributed by atoms with van der Waals surface area (Å²) in [5.41, 5.74) is 9.26. The minimum Gasteiger partial charge on any atom is -0.320 e. The van der Waals surface area contributed by atoms with Gasteiger partial charge in [-0.25, -0.2) is 4.39 Å². The fourth-order valence-electron chi connectivity index (χ4n) is 2.32. The van der Waals surface area contributed by atoms with Crippen LogP contribution in [0.15, 0.2) is 42.5 Å². The molecule has 0 saturated heterocycles. The quantitative estimate of drug-likeness (QED) is 0.866. The van der Waals surface area contributed by atoms with Gasteiger partial charge in [-0.2, -0.15) is 0 Å². The maximum absolute atomic E-state index is 13.1. The van der Waals surface area contributed by atoms with Crippen molar-refractivity contribution in [3.63, 3.8) is 0 Å². The predicted molar refractivity (Wildman–Crippen MR) is 82.4 cm³/mol. The van der Waals surface area contributed by atoms with Crippen LogP contribution in [-0.4, -0.2) is 0 Å². The van der Waals surface area contributed by atoms with Gasteiger partial charge in [0.2, 0.25) is 0 Å². The molecule has 20 heavy (non-hydrogen) atoms. The van der Waals surface area contributed by atoms with Crippen LogP contribution in [0.5, 0.6) is 0 Å². The molecule has 1 atom stereocenters. The zero-order chi connectivity index (χ0) is 14.7. The van der Waals surface area contributed by atoms with Crippen molar-refractivity contribution in [1.29, 1.82) is 0 Å². The first-order valence-electron chi connectivity index (χ1n) is 6.76. The van der Waals surface area contributed by atoms with Crippen LogP contribution in [-0.2, 0) is 6.42 Å². The Hall–Kier alpha value is -1.38. The maximum atomic E-state index is 13.1. The maximum Gasteiger partial charge on any atom is 0.124 e. The van der Waals surface area contributed by atoms with Gasteiger partial charge < -0.3 is 5.73 Å². The summed E-state index contributed by atoms with van der Waals surface area (Å²) in [6.45, 7) is 4.37. The van der Waals surface area contributed by atoms with Gasteiger partial charge in [0.05, 0.1) is 6.04 Å². The van der Waals surface area contributed by atoms with Gasteiger partial charge in [-0.1, -0.05) is 55.8 Å². The second-order valence-corrected chi connectivity index (χ2v) is 5.89. The lowest BCUT2D eigenvalue weighted by Gasteiger charge is -2.16. The summed E-state index contributed by atoms with van der Waals surface area (Å²) < 4.78 is 13.1. The van der Waals surface area contributed by atoms with Crippen LogP contribution in [0.1, 0.15) is 36.6 Å². The Balaban J connectivity index is 2.30. The molecule has 0 fully saturated rings. The van der Waals surface area contributed by atoms with Crippen LogP contribution in [0.4, 0.5) is 4.39 Å². The first kappa shape index (κ1) is 15.0. The number of hydrogen-bond donors (Lipinski definition) is 1. The van der Waals surface area contributed by atoms with Crippen LogP contribution in [0.3, 0.4) is 0 Å². The van der Waals surface area contributed by atoms with E-state index in [-0.39, 0.29) is 11.9 Å². The summed E-state index contributed by atoms with van der Waals surface area (Å²) in [7, 11) is 0. The third-order valence-corrected chi connectivity index (χ3v) is 3.58. The number of halogens is 2. The van der Waals surface area contributed by atoms with Crippen LogP contribution in [0, 0.1) is 11.7 Å². The molecular weight excluding hydrogens is 273 g/mol. The van der Waals surface area contributed by atoms with Gasteiger partial charge in [-0.05, 0) is 41.2 Å². The zero-order valence-corrected chi connectivity index (χ0v) is 12.5. The molecule has 0 amide bonds. The highest BCUT2D eigenvalue weighted by Crippen LogP contribution is 2.27. The van der Waals surface area contributed by atoms with E-state index in [2.05, 4.69) is 26.0 Å². The van der Waals surface area contributed by atoms with Gasteiger partial charge in [0.25, 0.3) is 0 Å². The average molecular weight is 292 g/mol. The first-order valence-corrected chi connectivity index (χ1v) is 7.14. The first-order chi connectivity index (χ1) is 9.47. The third-order valence-electron chi connectivity index (χ3n) is 3.25. The number of rotatable bonds is 4. The highest BCUT2D eigenvalue weighted by atomic mass is 35.5. The molecule has 1 unspecified atom stereocenters. The Kier molecular flexibility index (Phi) is 4.79. The fraction of sp³-hybridized carbons (Fsp3) is 0.294. The number of hydrogen-bond acceptors (Lipinski definition) is 1. The minimum absolute atomic E-state index is 0.338. The molecule has 2 aromatic rings. The van der Waals surface area contributed by atoms with Gasteiger partial charge in [-0.15, -0.1) is 0 Å². The van der Waals surface area contributed by atoms with E-state index >= 15 is 0 Å². The molecule has 0 aliphatic carbocycles. The largest absolute Gasteiger partial charge is 0.320 e. The molecule has 2 N–H and O–H groups in total. The Morgan fingerprint density at radius 2 is 1.90 bits per heavy atom. The van der Waals surface area contributed by atoms with Crippen LogP contribution >= 0.6 is 11.6 Å². The molecule has 3 heteroatoms. The van der Waals surface area contributed by atoms with Crippen molar-refractivity contribution in [2.24, 2.45) is 11.7 Å². The molecule has 0 aliphatic rings. The molecule has 0 aliphatic heterocycles. The summed E-state index contributed by atoms with van der Waals surface area (Å²) in [5, 5.41) is 0.367. The molecule has 0 radical (unpaired) electrons. The highest BCUT2D eigenvalue weighted by Gasteiger charge is 2.13. The SMILES string of the molecule is CC(C)Cc1cccc(C(N)c2ccc(F)cc2Cl)c1. The smallest absolute Gasteiger partial charge is 0.124 e. The lowest BCUT2D eigenvalue weighted by Crippen LogP contribution is -2.13. The topological polar surface area (TPSA) is 26.0 Å². The van der Waals surface area contributed by atoms with Crippen molar-refractivity contribution < 1.29 is 4.39 Å². The predicted octanol–water partition coefficient (Wildman–Crippen LogP) is 4.73. The van der Waals surface area contributed by atoms with Crippen LogP contribution in [0.25, 0.3) is 0 Å². The minimum atomic E-state index is -0.348. The van der Waals surface area contributed by atoms with Crippen LogP contribution < -0.4 is 5.73 Å². The molecule has 0 saturated carbocycles. The van der Waals surface area contributed by atoms with Crippen LogP contribution in [0.2, 0.25) is 5.02 Å². The Bertz CT molecular complexity index is 595. The van der Waals surface area contributed by atoms with Gasteiger partial charge >= 0.3 is 0 Å². The van der Waals surface area contributed by atoms with E-state index in [9.17, 15) is 4.39 Å².